The van der Waals surface area contributed by atoms with Crippen molar-refractivity contribution < 1.29 is 45.5 Å². The zero-order valence-electron chi connectivity index (χ0n) is 17.9. The van der Waals surface area contributed by atoms with Crippen molar-refractivity contribution in [2.75, 3.05) is 22.1 Å². The van der Waals surface area contributed by atoms with Crippen molar-refractivity contribution >= 4 is 40.6 Å². The number of anilines is 4. The van der Waals surface area contributed by atoms with Gasteiger partial charge in [-0.15, -0.1) is 0 Å². The van der Waals surface area contributed by atoms with Gasteiger partial charge in [-0.25, -0.2) is 4.79 Å². The molecule has 0 atom stereocenters. The van der Waals surface area contributed by atoms with E-state index >= 15 is 0 Å². The van der Waals surface area contributed by atoms with Gasteiger partial charge in [0, 0.05) is 30.1 Å². The van der Waals surface area contributed by atoms with Gasteiger partial charge >= 0.3 is 30.2 Å². The van der Waals surface area contributed by atoms with Crippen molar-refractivity contribution in [3.8, 4) is 11.5 Å². The molecule has 4 amide bonds. The van der Waals surface area contributed by atoms with Crippen molar-refractivity contribution in [2.45, 2.75) is 32.1 Å². The van der Waals surface area contributed by atoms with Crippen LogP contribution in [-0.2, 0) is 9.59 Å². The van der Waals surface area contributed by atoms with E-state index in [1.165, 1.54) is 12.1 Å². The second-order valence-corrected chi connectivity index (χ2v) is 7.29. The molecule has 188 valence electrons. The van der Waals surface area contributed by atoms with Gasteiger partial charge in [0.2, 0.25) is 0 Å². The fourth-order valence-corrected chi connectivity index (χ4v) is 3.04. The van der Waals surface area contributed by atoms with E-state index in [4.69, 9.17) is 4.74 Å². The lowest BCUT2D eigenvalue weighted by molar-refractivity contribution is -0.167. The predicted octanol–water partition coefficient (Wildman–Crippen LogP) is 5.44. The van der Waals surface area contributed by atoms with Gasteiger partial charge in [-0.05, 0) is 30.7 Å². The lowest BCUT2D eigenvalue weighted by Crippen LogP contribution is -2.38. The molecule has 0 aliphatic carbocycles. The smallest absolute Gasteiger partial charge is 0.453 e. The minimum atomic E-state index is -5.15. The average Bonchev–Trinajstić information content (AvgIpc) is 2.76. The number of rotatable bonds is 5. The molecule has 3 N–H and O–H groups in total. The fraction of sp³-hybridized carbons (Fsp3) is 0.286. The summed E-state index contributed by atoms with van der Waals surface area (Å²) >= 11 is 0. The molecule has 8 nitrogen and oxygen atoms in total. The molecule has 0 spiro atoms. The normalized spacial score (nSPS) is 12.7. The maximum atomic E-state index is 12.9. The van der Waals surface area contributed by atoms with E-state index in [2.05, 4.69) is 5.32 Å². The quantitative estimate of drug-likeness (QED) is 0.373. The lowest BCUT2D eigenvalue weighted by Gasteiger charge is -2.32. The van der Waals surface area contributed by atoms with Crippen LogP contribution in [0.5, 0.6) is 11.5 Å². The molecule has 0 saturated heterocycles. The van der Waals surface area contributed by atoms with Crippen molar-refractivity contribution in [1.82, 2.24) is 5.32 Å². The average molecular weight is 504 g/mol. The number of ether oxygens (including phenoxy) is 1. The number of carbonyl (C=O) groups excluding carboxylic acids is 3. The van der Waals surface area contributed by atoms with Crippen molar-refractivity contribution in [1.29, 1.82) is 0 Å². The molecule has 0 saturated carbocycles. The zero-order valence-corrected chi connectivity index (χ0v) is 17.9. The Morgan fingerprint density at radius 3 is 1.69 bits per heavy atom. The summed E-state index contributed by atoms with van der Waals surface area (Å²) in [5, 5.41) is 5.96. The Bertz CT molecular complexity index is 1070. The number of carbonyl (C=O) groups is 3. The maximum Gasteiger partial charge on any atom is 0.471 e. The SMILES string of the molecule is CCCCNC(=O)N1c2ccc(NC(=O)C(F)(F)F)cc2Oc2cc(NC(=O)C(F)(F)F)ccc21. The summed E-state index contributed by atoms with van der Waals surface area (Å²) < 4.78 is 81.2. The molecule has 35 heavy (non-hydrogen) atoms. The molecular formula is C21H18F6N4O4. The predicted molar refractivity (Wildman–Crippen MR) is 113 cm³/mol. The fourth-order valence-electron chi connectivity index (χ4n) is 3.04. The number of fused-ring (bicyclic) bond motifs is 2. The van der Waals surface area contributed by atoms with E-state index in [0.29, 0.717) is 13.0 Å². The number of nitrogens with zero attached hydrogens (tertiary/aromatic N) is 1. The Labute approximate surface area is 194 Å². The van der Waals surface area contributed by atoms with Crippen LogP contribution in [-0.4, -0.2) is 36.7 Å². The maximum absolute atomic E-state index is 12.9. The van der Waals surface area contributed by atoms with Crippen LogP contribution in [0.1, 0.15) is 19.8 Å². The number of hydrogen-bond acceptors (Lipinski definition) is 4. The summed E-state index contributed by atoms with van der Waals surface area (Å²) in [5.74, 6) is -4.80. The number of hydrogen-bond donors (Lipinski definition) is 3. The number of unbranched alkanes of at least 4 members (excludes halogenated alkanes) is 1. The molecular weight excluding hydrogens is 486 g/mol. The molecule has 0 unspecified atom stereocenters. The summed E-state index contributed by atoms with van der Waals surface area (Å²) in [5.41, 5.74) is -0.406. The molecule has 2 aromatic rings. The number of nitrogens with one attached hydrogen (secondary N) is 3. The summed E-state index contributed by atoms with van der Waals surface area (Å²) in [7, 11) is 0. The first kappa shape index (κ1) is 25.6. The van der Waals surface area contributed by atoms with E-state index in [-0.39, 0.29) is 34.2 Å². The third-order valence-electron chi connectivity index (χ3n) is 4.66. The van der Waals surface area contributed by atoms with Crippen LogP contribution in [0.2, 0.25) is 0 Å². The second-order valence-electron chi connectivity index (χ2n) is 7.29. The van der Waals surface area contributed by atoms with Crippen LogP contribution >= 0.6 is 0 Å². The summed E-state index contributed by atoms with van der Waals surface area (Å²) in [6.07, 6.45) is -8.87. The molecule has 0 bridgehead atoms. The molecule has 2 aromatic carbocycles. The second kappa shape index (κ2) is 9.72. The van der Waals surface area contributed by atoms with E-state index in [1.54, 1.807) is 10.6 Å². The Morgan fingerprint density at radius 1 is 0.829 bits per heavy atom. The van der Waals surface area contributed by atoms with Crippen molar-refractivity contribution in [2.24, 2.45) is 0 Å². The van der Waals surface area contributed by atoms with Crippen molar-refractivity contribution in [3.05, 3.63) is 36.4 Å². The summed E-state index contributed by atoms with van der Waals surface area (Å²) in [6.45, 7) is 2.20. The van der Waals surface area contributed by atoms with Crippen LogP contribution in [0.25, 0.3) is 0 Å². The standard InChI is InChI=1S/C21H18F6N4O4/c1-2-3-8-28-19(34)31-13-6-4-11(29-17(32)20(22,23)24)9-15(13)35-16-10-12(5-7-14(16)31)30-18(33)21(25,26)27/h4-7,9-10H,2-3,8H2,1H3,(H,28,34)(H,29,32)(H,30,33). The Hall–Kier alpha value is -3.97. The lowest BCUT2D eigenvalue weighted by atomic mass is 10.1. The van der Waals surface area contributed by atoms with Gasteiger partial charge in [0.15, 0.2) is 11.5 Å². The molecule has 1 aliphatic heterocycles. The highest BCUT2D eigenvalue weighted by Gasteiger charge is 2.40. The third kappa shape index (κ3) is 5.94. The third-order valence-corrected chi connectivity index (χ3v) is 4.66. The van der Waals surface area contributed by atoms with Gasteiger partial charge in [0.1, 0.15) is 0 Å². The minimum absolute atomic E-state index is 0.101. The highest BCUT2D eigenvalue weighted by Crippen LogP contribution is 2.48. The van der Waals surface area contributed by atoms with Crippen LogP contribution in [0, 0.1) is 0 Å². The Kier molecular flexibility index (Phi) is 7.12. The first-order chi connectivity index (χ1) is 16.3. The van der Waals surface area contributed by atoms with Gasteiger partial charge in [0.25, 0.3) is 0 Å². The number of amides is 4. The van der Waals surface area contributed by atoms with E-state index in [0.717, 1.165) is 35.6 Å². The van der Waals surface area contributed by atoms with Gasteiger partial charge in [0.05, 0.1) is 11.4 Å². The number of benzene rings is 2. The van der Waals surface area contributed by atoms with E-state index < -0.39 is 30.2 Å². The molecule has 0 fully saturated rings. The first-order valence-electron chi connectivity index (χ1n) is 10.1. The van der Waals surface area contributed by atoms with Crippen LogP contribution in [0.15, 0.2) is 36.4 Å². The summed E-state index contributed by atoms with van der Waals surface area (Å²) in [6, 6.07) is 6.14. The minimum Gasteiger partial charge on any atom is -0.453 e. The van der Waals surface area contributed by atoms with Gasteiger partial charge in [-0.2, -0.15) is 26.3 Å². The number of urea groups is 1. The molecule has 0 aromatic heterocycles. The van der Waals surface area contributed by atoms with Crippen LogP contribution in [0.4, 0.5) is 53.9 Å². The first-order valence-corrected chi connectivity index (χ1v) is 10.1. The van der Waals surface area contributed by atoms with Gasteiger partial charge < -0.3 is 20.7 Å². The Morgan fingerprint density at radius 2 is 1.29 bits per heavy atom. The van der Waals surface area contributed by atoms with Gasteiger partial charge in [-0.3, -0.25) is 14.5 Å². The van der Waals surface area contributed by atoms with E-state index in [1.807, 2.05) is 6.92 Å². The zero-order chi connectivity index (χ0) is 26.0. The number of halogens is 6. The van der Waals surface area contributed by atoms with Crippen molar-refractivity contribution in [3.63, 3.8) is 0 Å². The van der Waals surface area contributed by atoms with E-state index in [9.17, 15) is 40.7 Å². The largest absolute Gasteiger partial charge is 0.471 e. The number of alkyl halides is 6. The topological polar surface area (TPSA) is 99.8 Å². The molecule has 0 radical (unpaired) electrons. The summed E-state index contributed by atoms with van der Waals surface area (Å²) in [4.78, 5) is 36.6. The molecule has 14 heteroatoms. The van der Waals surface area contributed by atoms with Crippen LogP contribution in [0.3, 0.4) is 0 Å². The molecule has 1 heterocycles. The highest BCUT2D eigenvalue weighted by molar-refractivity contribution is 6.05. The van der Waals surface area contributed by atoms with Gasteiger partial charge in [-0.1, -0.05) is 13.3 Å². The molecule has 3 rings (SSSR count). The monoisotopic (exact) mass is 504 g/mol. The highest BCUT2D eigenvalue weighted by atomic mass is 19.4. The van der Waals surface area contributed by atoms with Crippen LogP contribution < -0.4 is 25.6 Å². The molecule has 1 aliphatic rings. The Balaban J connectivity index is 1.99.